The van der Waals surface area contributed by atoms with Gasteiger partial charge in [0.25, 0.3) is 0 Å². The van der Waals surface area contributed by atoms with Crippen LogP contribution < -0.4 is 5.32 Å². The second-order valence-electron chi connectivity index (χ2n) is 6.05. The zero-order valence-electron chi connectivity index (χ0n) is 12.5. The average Bonchev–Trinajstić information content (AvgIpc) is 2.46. The Morgan fingerprint density at radius 2 is 1.95 bits per heavy atom. The molecule has 1 saturated carbocycles. The molecule has 118 valence electrons. The van der Waals surface area contributed by atoms with Gasteiger partial charge in [0, 0.05) is 23.9 Å². The van der Waals surface area contributed by atoms with Crippen LogP contribution in [0.15, 0.2) is 24.3 Å². The van der Waals surface area contributed by atoms with Gasteiger partial charge in [0.1, 0.15) is 0 Å². The number of alkyl halides is 2. The SMILES string of the molecule is CCCNC(Cc1ccccc1Cl)C1CCC(F)(F)CC1. The van der Waals surface area contributed by atoms with Crippen molar-refractivity contribution < 1.29 is 8.78 Å². The highest BCUT2D eigenvalue weighted by Gasteiger charge is 2.37. The van der Waals surface area contributed by atoms with Gasteiger partial charge in [-0.3, -0.25) is 0 Å². The first-order chi connectivity index (χ1) is 10.0. The van der Waals surface area contributed by atoms with Crippen LogP contribution in [0, 0.1) is 5.92 Å². The number of halogens is 3. The third-order valence-electron chi connectivity index (χ3n) is 4.39. The highest BCUT2D eigenvalue weighted by molar-refractivity contribution is 6.31. The summed E-state index contributed by atoms with van der Waals surface area (Å²) in [6.45, 7) is 3.04. The normalized spacial score (nSPS) is 20.4. The van der Waals surface area contributed by atoms with Gasteiger partial charge in [-0.15, -0.1) is 0 Å². The largest absolute Gasteiger partial charge is 0.313 e. The van der Waals surface area contributed by atoms with Gasteiger partial charge in [-0.2, -0.15) is 0 Å². The average molecular weight is 316 g/mol. The van der Waals surface area contributed by atoms with Gasteiger partial charge in [-0.1, -0.05) is 36.7 Å². The standard InChI is InChI=1S/C17H24ClF2N/c1-2-11-21-16(12-14-5-3-4-6-15(14)18)13-7-9-17(19,20)10-8-13/h3-6,13,16,21H,2,7-12H2,1H3. The Hall–Kier alpha value is -0.670. The summed E-state index contributed by atoms with van der Waals surface area (Å²) in [4.78, 5) is 0. The van der Waals surface area contributed by atoms with E-state index in [1.807, 2.05) is 24.3 Å². The Morgan fingerprint density at radius 3 is 2.57 bits per heavy atom. The van der Waals surface area contributed by atoms with E-state index in [1.165, 1.54) is 0 Å². The van der Waals surface area contributed by atoms with Crippen LogP contribution in [0.5, 0.6) is 0 Å². The van der Waals surface area contributed by atoms with Gasteiger partial charge in [0.2, 0.25) is 5.92 Å². The molecule has 4 heteroatoms. The van der Waals surface area contributed by atoms with E-state index in [0.717, 1.165) is 30.0 Å². The molecule has 0 radical (unpaired) electrons. The molecule has 1 fully saturated rings. The van der Waals surface area contributed by atoms with Crippen LogP contribution in [0.4, 0.5) is 8.78 Å². The smallest absolute Gasteiger partial charge is 0.248 e. The van der Waals surface area contributed by atoms with Crippen molar-refractivity contribution in [3.05, 3.63) is 34.9 Å². The van der Waals surface area contributed by atoms with Gasteiger partial charge < -0.3 is 5.32 Å². The number of hydrogen-bond acceptors (Lipinski definition) is 1. The minimum absolute atomic E-state index is 0.0183. The van der Waals surface area contributed by atoms with Crippen LogP contribution in [0.25, 0.3) is 0 Å². The second kappa shape index (κ2) is 7.55. The van der Waals surface area contributed by atoms with Gasteiger partial charge in [0.05, 0.1) is 0 Å². The summed E-state index contributed by atoms with van der Waals surface area (Å²) >= 11 is 6.24. The highest BCUT2D eigenvalue weighted by atomic mass is 35.5. The lowest BCUT2D eigenvalue weighted by Gasteiger charge is -2.34. The Bertz CT molecular complexity index is 440. The van der Waals surface area contributed by atoms with Gasteiger partial charge in [-0.05, 0) is 49.8 Å². The molecule has 1 aliphatic rings. The molecule has 0 spiro atoms. The van der Waals surface area contributed by atoms with E-state index in [4.69, 9.17) is 11.6 Å². The Balaban J connectivity index is 2.03. The van der Waals surface area contributed by atoms with Gasteiger partial charge >= 0.3 is 0 Å². The topological polar surface area (TPSA) is 12.0 Å². The summed E-state index contributed by atoms with van der Waals surface area (Å²) in [7, 11) is 0. The molecule has 0 aliphatic heterocycles. The lowest BCUT2D eigenvalue weighted by molar-refractivity contribution is -0.0495. The van der Waals surface area contributed by atoms with Crippen LogP contribution in [-0.4, -0.2) is 18.5 Å². The molecular formula is C17H24ClF2N. The predicted molar refractivity (Wildman–Crippen MR) is 84.1 cm³/mol. The summed E-state index contributed by atoms with van der Waals surface area (Å²) in [5.41, 5.74) is 1.10. The molecule has 0 amide bonds. The molecule has 0 bridgehead atoms. The predicted octanol–water partition coefficient (Wildman–Crippen LogP) is 5.08. The fourth-order valence-corrected chi connectivity index (χ4v) is 3.31. The van der Waals surface area contributed by atoms with Crippen molar-refractivity contribution in [2.75, 3.05) is 6.54 Å². The maximum absolute atomic E-state index is 13.3. The fourth-order valence-electron chi connectivity index (χ4n) is 3.10. The third kappa shape index (κ3) is 4.93. The van der Waals surface area contributed by atoms with E-state index in [2.05, 4.69) is 12.2 Å². The summed E-state index contributed by atoms with van der Waals surface area (Å²) in [6.07, 6.45) is 3.09. The zero-order chi connectivity index (χ0) is 15.3. The molecule has 1 nitrogen and oxygen atoms in total. The van der Waals surface area contributed by atoms with E-state index in [0.29, 0.717) is 18.8 Å². The van der Waals surface area contributed by atoms with Crippen molar-refractivity contribution >= 4 is 11.6 Å². The molecular weight excluding hydrogens is 292 g/mol. The zero-order valence-corrected chi connectivity index (χ0v) is 13.3. The van der Waals surface area contributed by atoms with E-state index in [1.54, 1.807) is 0 Å². The Morgan fingerprint density at radius 1 is 1.29 bits per heavy atom. The van der Waals surface area contributed by atoms with Gasteiger partial charge in [0.15, 0.2) is 0 Å². The van der Waals surface area contributed by atoms with Crippen LogP contribution in [0.3, 0.4) is 0 Å². The minimum atomic E-state index is -2.46. The van der Waals surface area contributed by atoms with Crippen LogP contribution >= 0.6 is 11.6 Å². The number of hydrogen-bond donors (Lipinski definition) is 1. The quantitative estimate of drug-likeness (QED) is 0.772. The Kier molecular flexibility index (Phi) is 6.00. The van der Waals surface area contributed by atoms with Crippen LogP contribution in [-0.2, 0) is 6.42 Å². The van der Waals surface area contributed by atoms with E-state index in [9.17, 15) is 8.78 Å². The van der Waals surface area contributed by atoms with Gasteiger partial charge in [-0.25, -0.2) is 8.78 Å². The molecule has 0 saturated heterocycles. The molecule has 1 unspecified atom stereocenters. The van der Waals surface area contributed by atoms with E-state index < -0.39 is 5.92 Å². The summed E-state index contributed by atoms with van der Waals surface area (Å²) in [5.74, 6) is -2.15. The summed E-state index contributed by atoms with van der Waals surface area (Å²) < 4.78 is 26.7. The van der Waals surface area contributed by atoms with Crippen molar-refractivity contribution in [3.8, 4) is 0 Å². The monoisotopic (exact) mass is 315 g/mol. The lowest BCUT2D eigenvalue weighted by atomic mass is 9.80. The maximum Gasteiger partial charge on any atom is 0.248 e. The first-order valence-electron chi connectivity index (χ1n) is 7.86. The van der Waals surface area contributed by atoms with E-state index >= 15 is 0 Å². The molecule has 1 aromatic carbocycles. The molecule has 21 heavy (non-hydrogen) atoms. The lowest BCUT2D eigenvalue weighted by Crippen LogP contribution is -2.41. The fraction of sp³-hybridized carbons (Fsp3) is 0.647. The summed E-state index contributed by atoms with van der Waals surface area (Å²) in [6, 6.07) is 8.05. The minimum Gasteiger partial charge on any atom is -0.313 e. The van der Waals surface area contributed by atoms with Crippen molar-refractivity contribution in [2.45, 2.75) is 57.4 Å². The van der Waals surface area contributed by atoms with Crippen LogP contribution in [0.1, 0.15) is 44.6 Å². The highest BCUT2D eigenvalue weighted by Crippen LogP contribution is 2.38. The first-order valence-corrected chi connectivity index (χ1v) is 8.24. The van der Waals surface area contributed by atoms with Crippen molar-refractivity contribution in [2.24, 2.45) is 5.92 Å². The van der Waals surface area contributed by atoms with Crippen LogP contribution in [0.2, 0.25) is 5.02 Å². The molecule has 1 aromatic rings. The number of benzene rings is 1. The van der Waals surface area contributed by atoms with Crippen molar-refractivity contribution in [1.82, 2.24) is 5.32 Å². The molecule has 1 N–H and O–H groups in total. The van der Waals surface area contributed by atoms with Crippen molar-refractivity contribution in [1.29, 1.82) is 0 Å². The molecule has 2 rings (SSSR count). The molecule has 0 heterocycles. The Labute approximate surface area is 131 Å². The third-order valence-corrected chi connectivity index (χ3v) is 4.75. The maximum atomic E-state index is 13.3. The van der Waals surface area contributed by atoms with Crippen molar-refractivity contribution in [3.63, 3.8) is 0 Å². The molecule has 1 atom stereocenters. The summed E-state index contributed by atoms with van der Waals surface area (Å²) in [5, 5.41) is 4.30. The number of rotatable bonds is 6. The first kappa shape index (κ1) is 16.7. The number of nitrogens with one attached hydrogen (secondary N) is 1. The molecule has 1 aliphatic carbocycles. The molecule has 0 aromatic heterocycles. The second-order valence-corrected chi connectivity index (χ2v) is 6.46. The van der Waals surface area contributed by atoms with E-state index in [-0.39, 0.29) is 18.9 Å².